The average Bonchev–Trinajstić information content (AvgIpc) is 3.03. The molecule has 1 unspecified atom stereocenters. The normalized spacial score (nSPS) is 24.3. The zero-order chi connectivity index (χ0) is 12.1. The van der Waals surface area contributed by atoms with E-state index in [2.05, 4.69) is 26.2 Å². The highest BCUT2D eigenvalue weighted by atomic mass is 15.1. The lowest BCUT2D eigenvalue weighted by Gasteiger charge is -2.06. The molecule has 5 nitrogen and oxygen atoms in total. The van der Waals surface area contributed by atoms with Crippen molar-refractivity contribution in [3.63, 3.8) is 0 Å². The number of hydrogen-bond donors (Lipinski definition) is 3. The van der Waals surface area contributed by atoms with Gasteiger partial charge in [0.1, 0.15) is 5.65 Å². The number of fused-ring (bicyclic) bond motifs is 3. The van der Waals surface area contributed by atoms with Crippen molar-refractivity contribution in [1.29, 1.82) is 0 Å². The molecule has 0 amide bonds. The highest BCUT2D eigenvalue weighted by molar-refractivity contribution is 6.04. The van der Waals surface area contributed by atoms with Gasteiger partial charge in [0.25, 0.3) is 0 Å². The summed E-state index contributed by atoms with van der Waals surface area (Å²) in [5.41, 5.74) is 9.10. The molecule has 5 heteroatoms. The summed E-state index contributed by atoms with van der Waals surface area (Å²) in [4.78, 5) is 7.52. The molecule has 0 aliphatic heterocycles. The standard InChI is InChI=1S/C13H15N5/c14-8-2-1-7(5-8)12-11-9-3-4-15-13(9)16-6-10(11)17-18-12/h3-4,6-8H,1-2,5,14H2,(H,15,16)(H,17,18)/t7?,8-/m0/s1. The first-order chi connectivity index (χ1) is 8.83. The predicted molar refractivity (Wildman–Crippen MR) is 70.3 cm³/mol. The van der Waals surface area contributed by atoms with Gasteiger partial charge in [0, 0.05) is 28.9 Å². The molecule has 92 valence electrons. The van der Waals surface area contributed by atoms with Gasteiger partial charge in [-0.15, -0.1) is 0 Å². The molecule has 4 N–H and O–H groups in total. The molecule has 1 fully saturated rings. The van der Waals surface area contributed by atoms with Gasteiger partial charge in [-0.2, -0.15) is 5.10 Å². The largest absolute Gasteiger partial charge is 0.346 e. The van der Waals surface area contributed by atoms with E-state index in [1.165, 1.54) is 5.39 Å². The molecule has 0 saturated heterocycles. The van der Waals surface area contributed by atoms with Crippen LogP contribution in [-0.4, -0.2) is 26.2 Å². The Kier molecular flexibility index (Phi) is 1.99. The number of nitrogens with one attached hydrogen (secondary N) is 2. The van der Waals surface area contributed by atoms with E-state index < -0.39 is 0 Å². The van der Waals surface area contributed by atoms with Gasteiger partial charge in [-0.05, 0) is 25.3 Å². The second-order valence-electron chi connectivity index (χ2n) is 5.17. The van der Waals surface area contributed by atoms with Crippen LogP contribution in [0.5, 0.6) is 0 Å². The molecular formula is C13H15N5. The number of H-pyrrole nitrogens is 2. The van der Waals surface area contributed by atoms with Gasteiger partial charge in [-0.1, -0.05) is 0 Å². The molecule has 3 aromatic heterocycles. The third-order valence-corrected chi connectivity index (χ3v) is 4.00. The van der Waals surface area contributed by atoms with Crippen LogP contribution in [0.4, 0.5) is 0 Å². The predicted octanol–water partition coefficient (Wildman–Crippen LogP) is 2.03. The second-order valence-corrected chi connectivity index (χ2v) is 5.17. The molecule has 0 aromatic carbocycles. The molecule has 0 spiro atoms. The zero-order valence-electron chi connectivity index (χ0n) is 9.98. The summed E-state index contributed by atoms with van der Waals surface area (Å²) in [6, 6.07) is 2.39. The van der Waals surface area contributed by atoms with Crippen molar-refractivity contribution in [2.45, 2.75) is 31.2 Å². The first-order valence-electron chi connectivity index (χ1n) is 6.38. The Morgan fingerprint density at radius 2 is 2.28 bits per heavy atom. The summed E-state index contributed by atoms with van der Waals surface area (Å²) in [6.45, 7) is 0. The number of nitrogens with zero attached hydrogens (tertiary/aromatic N) is 2. The maximum atomic E-state index is 6.01. The third kappa shape index (κ3) is 1.31. The fourth-order valence-corrected chi connectivity index (χ4v) is 3.11. The van der Waals surface area contributed by atoms with Gasteiger partial charge in [0.15, 0.2) is 0 Å². The number of pyridine rings is 1. The van der Waals surface area contributed by atoms with Crippen molar-refractivity contribution in [1.82, 2.24) is 20.2 Å². The Morgan fingerprint density at radius 1 is 1.33 bits per heavy atom. The highest BCUT2D eigenvalue weighted by Crippen LogP contribution is 2.37. The molecule has 18 heavy (non-hydrogen) atoms. The molecule has 3 aromatic rings. The molecule has 2 atom stereocenters. The number of aromatic amines is 2. The molecule has 4 rings (SSSR count). The van der Waals surface area contributed by atoms with E-state index in [0.29, 0.717) is 12.0 Å². The minimum absolute atomic E-state index is 0.324. The Bertz CT molecular complexity index is 710. The second kappa shape index (κ2) is 3.55. The van der Waals surface area contributed by atoms with E-state index >= 15 is 0 Å². The molecule has 1 aliphatic carbocycles. The van der Waals surface area contributed by atoms with Crippen LogP contribution in [0.15, 0.2) is 18.5 Å². The van der Waals surface area contributed by atoms with Crippen molar-refractivity contribution in [3.8, 4) is 0 Å². The first kappa shape index (κ1) is 10.1. The molecule has 0 bridgehead atoms. The van der Waals surface area contributed by atoms with Gasteiger partial charge in [-0.3, -0.25) is 5.10 Å². The lowest BCUT2D eigenvalue weighted by atomic mass is 9.99. The van der Waals surface area contributed by atoms with Gasteiger partial charge < -0.3 is 10.7 Å². The van der Waals surface area contributed by atoms with Crippen molar-refractivity contribution in [3.05, 3.63) is 24.2 Å². The molecule has 0 radical (unpaired) electrons. The number of nitrogens with two attached hydrogens (primary N) is 1. The highest BCUT2D eigenvalue weighted by Gasteiger charge is 2.27. The SMILES string of the molecule is N[C@H]1CCC(c2n[nH]c3cnc4[nH]ccc4c23)C1. The number of hydrogen-bond acceptors (Lipinski definition) is 3. The van der Waals surface area contributed by atoms with Gasteiger partial charge in [0.2, 0.25) is 0 Å². The monoisotopic (exact) mass is 241 g/mol. The minimum Gasteiger partial charge on any atom is -0.346 e. The van der Waals surface area contributed by atoms with E-state index in [1.807, 2.05) is 12.4 Å². The summed E-state index contributed by atoms with van der Waals surface area (Å²) in [5, 5.41) is 9.96. The quantitative estimate of drug-likeness (QED) is 0.609. The minimum atomic E-state index is 0.324. The summed E-state index contributed by atoms with van der Waals surface area (Å²) in [5.74, 6) is 0.481. The average molecular weight is 241 g/mol. The van der Waals surface area contributed by atoms with E-state index in [4.69, 9.17) is 5.73 Å². The van der Waals surface area contributed by atoms with Crippen LogP contribution in [0.1, 0.15) is 30.9 Å². The summed E-state index contributed by atoms with van der Waals surface area (Å²) in [6.07, 6.45) is 7.04. The summed E-state index contributed by atoms with van der Waals surface area (Å²) >= 11 is 0. The maximum absolute atomic E-state index is 6.01. The smallest absolute Gasteiger partial charge is 0.138 e. The van der Waals surface area contributed by atoms with Gasteiger partial charge in [0.05, 0.1) is 17.4 Å². The van der Waals surface area contributed by atoms with E-state index in [-0.39, 0.29) is 0 Å². The fraction of sp³-hybridized carbons (Fsp3) is 0.385. The Morgan fingerprint density at radius 3 is 3.11 bits per heavy atom. The Balaban J connectivity index is 1.97. The molecule has 1 saturated carbocycles. The molecule has 3 heterocycles. The van der Waals surface area contributed by atoms with Gasteiger partial charge >= 0.3 is 0 Å². The fourth-order valence-electron chi connectivity index (χ4n) is 3.11. The van der Waals surface area contributed by atoms with Crippen molar-refractivity contribution < 1.29 is 0 Å². The van der Waals surface area contributed by atoms with E-state index in [9.17, 15) is 0 Å². The Labute approximate surface area is 104 Å². The lowest BCUT2D eigenvalue weighted by molar-refractivity contribution is 0.663. The van der Waals surface area contributed by atoms with Crippen LogP contribution in [0.25, 0.3) is 21.9 Å². The van der Waals surface area contributed by atoms with Crippen LogP contribution in [0, 0.1) is 0 Å². The van der Waals surface area contributed by atoms with Crippen molar-refractivity contribution in [2.75, 3.05) is 0 Å². The number of rotatable bonds is 1. The first-order valence-corrected chi connectivity index (χ1v) is 6.38. The summed E-state index contributed by atoms with van der Waals surface area (Å²) in [7, 11) is 0. The lowest BCUT2D eigenvalue weighted by Crippen LogP contribution is -2.14. The molecule has 1 aliphatic rings. The summed E-state index contributed by atoms with van der Waals surface area (Å²) < 4.78 is 0. The molecular weight excluding hydrogens is 226 g/mol. The van der Waals surface area contributed by atoms with Gasteiger partial charge in [-0.25, -0.2) is 4.98 Å². The zero-order valence-corrected chi connectivity index (χ0v) is 9.98. The van der Waals surface area contributed by atoms with Crippen LogP contribution < -0.4 is 5.73 Å². The van der Waals surface area contributed by atoms with E-state index in [1.54, 1.807) is 0 Å². The van der Waals surface area contributed by atoms with Crippen LogP contribution in [-0.2, 0) is 0 Å². The third-order valence-electron chi connectivity index (χ3n) is 4.00. The van der Waals surface area contributed by atoms with Crippen molar-refractivity contribution >= 4 is 21.9 Å². The number of aromatic nitrogens is 4. The van der Waals surface area contributed by atoms with E-state index in [0.717, 1.165) is 41.5 Å². The Hall–Kier alpha value is -1.88. The van der Waals surface area contributed by atoms with Crippen LogP contribution in [0.3, 0.4) is 0 Å². The van der Waals surface area contributed by atoms with Crippen molar-refractivity contribution in [2.24, 2.45) is 5.73 Å². The van der Waals surface area contributed by atoms with Crippen LogP contribution in [0.2, 0.25) is 0 Å². The maximum Gasteiger partial charge on any atom is 0.138 e. The topological polar surface area (TPSA) is 83.4 Å². The van der Waals surface area contributed by atoms with Crippen LogP contribution >= 0.6 is 0 Å².